The molecule has 106 valence electrons. The molecule has 2 rings (SSSR count). The minimum atomic E-state index is 0.607. The summed E-state index contributed by atoms with van der Waals surface area (Å²) in [4.78, 5) is 2.20. The smallest absolute Gasteiger partial charge is 0.173 e. The number of aromatic nitrogens is 1. The maximum atomic E-state index is 5.83. The van der Waals surface area contributed by atoms with Crippen LogP contribution in [0.2, 0.25) is 0 Å². The molecular formula is C16H19Cl2N2+. The highest BCUT2D eigenvalue weighted by molar-refractivity contribution is 6.18. The zero-order chi connectivity index (χ0) is 14.2. The lowest BCUT2D eigenvalue weighted by Crippen LogP contribution is -2.34. The molecular weight excluding hydrogens is 291 g/mol. The van der Waals surface area contributed by atoms with Crippen LogP contribution < -0.4 is 9.47 Å². The van der Waals surface area contributed by atoms with Crippen LogP contribution in [0.25, 0.3) is 0 Å². The van der Waals surface area contributed by atoms with E-state index < -0.39 is 0 Å². The second-order valence-electron chi connectivity index (χ2n) is 4.58. The van der Waals surface area contributed by atoms with Crippen LogP contribution in [-0.4, -0.2) is 24.8 Å². The van der Waals surface area contributed by atoms with Gasteiger partial charge in [0.25, 0.3) is 0 Å². The van der Waals surface area contributed by atoms with E-state index in [0.29, 0.717) is 11.8 Å². The molecule has 0 aliphatic rings. The number of rotatable bonds is 7. The van der Waals surface area contributed by atoms with Crippen molar-refractivity contribution < 1.29 is 4.57 Å². The maximum absolute atomic E-state index is 5.83. The standard InChI is InChI=1S/C16H19Cl2N2/c17-8-12-20(13-9-18)16-6-10-19(11-7-16)14-15-4-2-1-3-5-15/h1-7,10-11H,8-9,12-14H2/q+1. The van der Waals surface area contributed by atoms with E-state index in [9.17, 15) is 0 Å². The highest BCUT2D eigenvalue weighted by Gasteiger charge is 2.08. The summed E-state index contributed by atoms with van der Waals surface area (Å²) in [7, 11) is 0. The Kier molecular flexibility index (Phi) is 6.16. The highest BCUT2D eigenvalue weighted by atomic mass is 35.5. The topological polar surface area (TPSA) is 7.12 Å². The molecule has 2 nitrogen and oxygen atoms in total. The molecule has 0 spiro atoms. The Hall–Kier alpha value is -1.25. The molecule has 0 saturated carbocycles. The first-order chi connectivity index (χ1) is 9.83. The van der Waals surface area contributed by atoms with Gasteiger partial charge in [0.05, 0.1) is 0 Å². The molecule has 0 aliphatic heterocycles. The van der Waals surface area contributed by atoms with Crippen LogP contribution in [-0.2, 0) is 6.54 Å². The quantitative estimate of drug-likeness (QED) is 0.562. The predicted octanol–water partition coefficient (Wildman–Crippen LogP) is 3.31. The third kappa shape index (κ3) is 4.39. The van der Waals surface area contributed by atoms with E-state index in [0.717, 1.165) is 25.3 Å². The summed E-state index contributed by atoms with van der Waals surface area (Å²) in [5, 5.41) is 0. The minimum Gasteiger partial charge on any atom is -0.369 e. The summed E-state index contributed by atoms with van der Waals surface area (Å²) in [5.74, 6) is 1.21. The van der Waals surface area contributed by atoms with Crippen molar-refractivity contribution >= 4 is 28.9 Å². The van der Waals surface area contributed by atoms with E-state index >= 15 is 0 Å². The van der Waals surface area contributed by atoms with Crippen molar-refractivity contribution in [1.82, 2.24) is 0 Å². The summed E-state index contributed by atoms with van der Waals surface area (Å²) >= 11 is 11.7. The Morgan fingerprint density at radius 1 is 0.850 bits per heavy atom. The molecule has 0 amide bonds. The van der Waals surface area contributed by atoms with Crippen LogP contribution in [0.1, 0.15) is 5.56 Å². The number of anilines is 1. The van der Waals surface area contributed by atoms with Crippen molar-refractivity contribution in [2.75, 3.05) is 29.7 Å². The number of halogens is 2. The van der Waals surface area contributed by atoms with Crippen LogP contribution in [0.5, 0.6) is 0 Å². The number of alkyl halides is 2. The van der Waals surface area contributed by atoms with Crippen molar-refractivity contribution in [3.63, 3.8) is 0 Å². The van der Waals surface area contributed by atoms with E-state index in [1.807, 2.05) is 6.07 Å². The van der Waals surface area contributed by atoms with Gasteiger partial charge in [0.1, 0.15) is 0 Å². The first-order valence-electron chi connectivity index (χ1n) is 6.73. The lowest BCUT2D eigenvalue weighted by molar-refractivity contribution is -0.688. The van der Waals surface area contributed by atoms with Crippen molar-refractivity contribution in [3.05, 3.63) is 60.4 Å². The van der Waals surface area contributed by atoms with Crippen LogP contribution in [0.4, 0.5) is 5.69 Å². The van der Waals surface area contributed by atoms with Crippen molar-refractivity contribution in [2.45, 2.75) is 6.54 Å². The van der Waals surface area contributed by atoms with Crippen molar-refractivity contribution in [2.24, 2.45) is 0 Å². The Morgan fingerprint density at radius 2 is 1.45 bits per heavy atom. The summed E-state index contributed by atoms with van der Waals surface area (Å²) in [6.45, 7) is 2.51. The molecule has 1 heterocycles. The fourth-order valence-corrected chi connectivity index (χ4v) is 2.54. The largest absolute Gasteiger partial charge is 0.369 e. The predicted molar refractivity (Wildman–Crippen MR) is 85.8 cm³/mol. The Balaban J connectivity index is 2.05. The van der Waals surface area contributed by atoms with Gasteiger partial charge in [0.15, 0.2) is 18.9 Å². The van der Waals surface area contributed by atoms with Gasteiger partial charge in [0, 0.05) is 48.2 Å². The lowest BCUT2D eigenvalue weighted by Gasteiger charge is -2.21. The summed E-state index contributed by atoms with van der Waals surface area (Å²) in [5.41, 5.74) is 2.46. The lowest BCUT2D eigenvalue weighted by atomic mass is 10.2. The molecule has 0 bridgehead atoms. The van der Waals surface area contributed by atoms with Gasteiger partial charge in [-0.2, -0.15) is 0 Å². The van der Waals surface area contributed by atoms with Gasteiger partial charge in [-0.15, -0.1) is 23.2 Å². The van der Waals surface area contributed by atoms with Gasteiger partial charge in [-0.1, -0.05) is 30.3 Å². The minimum absolute atomic E-state index is 0.607. The van der Waals surface area contributed by atoms with Gasteiger partial charge in [-0.3, -0.25) is 0 Å². The fraction of sp³-hybridized carbons (Fsp3) is 0.312. The molecule has 20 heavy (non-hydrogen) atoms. The highest BCUT2D eigenvalue weighted by Crippen LogP contribution is 2.11. The second kappa shape index (κ2) is 8.13. The average Bonchev–Trinajstić information content (AvgIpc) is 2.49. The van der Waals surface area contributed by atoms with Crippen LogP contribution in [0.3, 0.4) is 0 Å². The molecule has 0 unspecified atom stereocenters. The third-order valence-corrected chi connectivity index (χ3v) is 3.49. The molecule has 4 heteroatoms. The van der Waals surface area contributed by atoms with Gasteiger partial charge in [0.2, 0.25) is 0 Å². The van der Waals surface area contributed by atoms with Crippen molar-refractivity contribution in [3.8, 4) is 0 Å². The number of hydrogen-bond acceptors (Lipinski definition) is 1. The van der Waals surface area contributed by atoms with Gasteiger partial charge in [-0.05, 0) is 0 Å². The summed E-state index contributed by atoms with van der Waals surface area (Å²) < 4.78 is 2.17. The molecule has 1 aromatic heterocycles. The first-order valence-corrected chi connectivity index (χ1v) is 7.80. The molecule has 0 N–H and O–H groups in total. The van der Waals surface area contributed by atoms with Gasteiger partial charge < -0.3 is 4.90 Å². The summed E-state index contributed by atoms with van der Waals surface area (Å²) in [6.07, 6.45) is 4.19. The molecule has 0 radical (unpaired) electrons. The normalized spacial score (nSPS) is 10.5. The van der Waals surface area contributed by atoms with Crippen LogP contribution in [0.15, 0.2) is 54.9 Å². The Bertz CT molecular complexity index is 494. The zero-order valence-electron chi connectivity index (χ0n) is 11.4. The third-order valence-electron chi connectivity index (χ3n) is 3.16. The number of benzene rings is 1. The number of nitrogens with zero attached hydrogens (tertiary/aromatic N) is 2. The Labute approximate surface area is 130 Å². The van der Waals surface area contributed by atoms with Crippen LogP contribution >= 0.6 is 23.2 Å². The fourth-order valence-electron chi connectivity index (χ4n) is 2.13. The number of hydrogen-bond donors (Lipinski definition) is 0. The van der Waals surface area contributed by atoms with Crippen molar-refractivity contribution in [1.29, 1.82) is 0 Å². The van der Waals surface area contributed by atoms with E-state index in [-0.39, 0.29) is 0 Å². The van der Waals surface area contributed by atoms with Gasteiger partial charge in [-0.25, -0.2) is 4.57 Å². The summed E-state index contributed by atoms with van der Waals surface area (Å²) in [6, 6.07) is 14.7. The van der Waals surface area contributed by atoms with Crippen LogP contribution in [0, 0.1) is 0 Å². The molecule has 1 aromatic carbocycles. The SMILES string of the molecule is ClCCN(CCCl)c1cc[n+](Cc2ccccc2)cc1. The zero-order valence-corrected chi connectivity index (χ0v) is 12.9. The number of pyridine rings is 1. The molecule has 0 fully saturated rings. The maximum Gasteiger partial charge on any atom is 0.173 e. The molecule has 0 aliphatic carbocycles. The Morgan fingerprint density at radius 3 is 2.00 bits per heavy atom. The molecule has 2 aromatic rings. The van der Waals surface area contributed by atoms with E-state index in [1.54, 1.807) is 0 Å². The van der Waals surface area contributed by atoms with E-state index in [2.05, 4.69) is 58.3 Å². The molecule has 0 saturated heterocycles. The van der Waals surface area contributed by atoms with E-state index in [4.69, 9.17) is 23.2 Å². The van der Waals surface area contributed by atoms with Gasteiger partial charge >= 0.3 is 0 Å². The van der Waals surface area contributed by atoms with E-state index in [1.165, 1.54) is 5.56 Å². The second-order valence-corrected chi connectivity index (χ2v) is 5.34. The molecule has 0 atom stereocenters. The monoisotopic (exact) mass is 309 g/mol. The first kappa shape index (κ1) is 15.1. The average molecular weight is 310 g/mol.